The molecule has 0 N–H and O–H groups in total. The van der Waals surface area contributed by atoms with E-state index in [1.54, 1.807) is 11.3 Å². The summed E-state index contributed by atoms with van der Waals surface area (Å²) in [5.74, 6) is 0.132. The Labute approximate surface area is 124 Å². The number of amides is 1. The largest absolute Gasteiger partial charge is 0.336 e. The van der Waals surface area contributed by atoms with Crippen LogP contribution < -0.4 is 0 Å². The Morgan fingerprint density at radius 1 is 1.40 bits per heavy atom. The van der Waals surface area contributed by atoms with Crippen LogP contribution >= 0.6 is 11.3 Å². The summed E-state index contributed by atoms with van der Waals surface area (Å²) < 4.78 is 0. The maximum atomic E-state index is 12.4. The summed E-state index contributed by atoms with van der Waals surface area (Å²) in [6, 6.07) is 2.38. The van der Waals surface area contributed by atoms with E-state index in [1.165, 1.54) is 0 Å². The SMILES string of the molecule is CCCC(C#N)N1CCN(C(=O)c2cscc2C)CC1. The van der Waals surface area contributed by atoms with E-state index in [2.05, 4.69) is 17.9 Å². The fourth-order valence-corrected chi connectivity index (χ4v) is 3.41. The molecule has 0 spiro atoms. The van der Waals surface area contributed by atoms with Crippen molar-refractivity contribution < 1.29 is 4.79 Å². The van der Waals surface area contributed by atoms with Crippen molar-refractivity contribution in [3.63, 3.8) is 0 Å². The Kier molecular flexibility index (Phi) is 5.16. The Morgan fingerprint density at radius 3 is 2.60 bits per heavy atom. The highest BCUT2D eigenvalue weighted by molar-refractivity contribution is 7.08. The van der Waals surface area contributed by atoms with E-state index in [4.69, 9.17) is 0 Å². The number of hydrogen-bond acceptors (Lipinski definition) is 4. The lowest BCUT2D eigenvalue weighted by atomic mass is 10.1. The monoisotopic (exact) mass is 291 g/mol. The summed E-state index contributed by atoms with van der Waals surface area (Å²) in [7, 11) is 0. The standard InChI is InChI=1S/C15H21N3OS/c1-3-4-13(9-16)17-5-7-18(8-6-17)15(19)14-11-20-10-12(14)2/h10-11,13H,3-8H2,1-2H3. The Bertz CT molecular complexity index is 497. The molecule has 0 aliphatic carbocycles. The van der Waals surface area contributed by atoms with Gasteiger partial charge in [0, 0.05) is 31.6 Å². The molecule has 5 heteroatoms. The molecule has 1 amide bonds. The quantitative estimate of drug-likeness (QED) is 0.856. The van der Waals surface area contributed by atoms with E-state index in [9.17, 15) is 10.1 Å². The van der Waals surface area contributed by atoms with Gasteiger partial charge >= 0.3 is 0 Å². The summed E-state index contributed by atoms with van der Waals surface area (Å²) in [6.45, 7) is 7.11. The zero-order valence-electron chi connectivity index (χ0n) is 12.1. The number of carbonyl (C=O) groups excluding carboxylic acids is 1. The molecule has 0 bridgehead atoms. The Hall–Kier alpha value is -1.38. The van der Waals surface area contributed by atoms with Crippen LogP contribution in [0.15, 0.2) is 10.8 Å². The lowest BCUT2D eigenvalue weighted by Gasteiger charge is -2.36. The molecule has 2 rings (SSSR count). The zero-order valence-corrected chi connectivity index (χ0v) is 12.9. The molecule has 0 saturated carbocycles. The van der Waals surface area contributed by atoms with Crippen LogP contribution in [0, 0.1) is 18.3 Å². The van der Waals surface area contributed by atoms with Gasteiger partial charge in [-0.05, 0) is 24.3 Å². The predicted octanol–water partition coefficient (Wildman–Crippen LogP) is 2.51. The number of aryl methyl sites for hydroxylation is 1. The number of nitriles is 1. The summed E-state index contributed by atoms with van der Waals surface area (Å²) in [6.07, 6.45) is 1.93. The fraction of sp³-hybridized carbons (Fsp3) is 0.600. The molecule has 1 atom stereocenters. The molecule has 1 aliphatic heterocycles. The smallest absolute Gasteiger partial charge is 0.255 e. The van der Waals surface area contributed by atoms with E-state index < -0.39 is 0 Å². The number of nitrogens with zero attached hydrogens (tertiary/aromatic N) is 3. The molecule has 0 radical (unpaired) electrons. The number of piperazine rings is 1. The van der Waals surface area contributed by atoms with Gasteiger partial charge < -0.3 is 4.90 Å². The highest BCUT2D eigenvalue weighted by Gasteiger charge is 2.26. The first kappa shape index (κ1) is 15.0. The van der Waals surface area contributed by atoms with E-state index in [0.29, 0.717) is 0 Å². The van der Waals surface area contributed by atoms with Crippen LogP contribution in [-0.4, -0.2) is 47.9 Å². The van der Waals surface area contributed by atoms with Crippen LogP contribution in [0.5, 0.6) is 0 Å². The first-order valence-corrected chi connectivity index (χ1v) is 8.07. The molecule has 1 saturated heterocycles. The van der Waals surface area contributed by atoms with E-state index in [-0.39, 0.29) is 11.9 Å². The topological polar surface area (TPSA) is 47.3 Å². The summed E-state index contributed by atoms with van der Waals surface area (Å²) in [5, 5.41) is 13.1. The van der Waals surface area contributed by atoms with Gasteiger partial charge in [0.05, 0.1) is 17.7 Å². The minimum Gasteiger partial charge on any atom is -0.336 e. The van der Waals surface area contributed by atoms with E-state index >= 15 is 0 Å². The minimum absolute atomic E-state index is 0.000126. The van der Waals surface area contributed by atoms with Crippen LogP contribution in [0.25, 0.3) is 0 Å². The van der Waals surface area contributed by atoms with Crippen molar-refractivity contribution in [3.05, 3.63) is 21.9 Å². The second kappa shape index (κ2) is 6.87. The van der Waals surface area contributed by atoms with Gasteiger partial charge in [0.1, 0.15) is 0 Å². The molecule has 1 fully saturated rings. The van der Waals surface area contributed by atoms with Gasteiger partial charge in [0.2, 0.25) is 0 Å². The molecule has 1 aromatic heterocycles. The lowest BCUT2D eigenvalue weighted by molar-refractivity contribution is 0.0601. The third-order valence-electron chi connectivity index (χ3n) is 3.84. The average molecular weight is 291 g/mol. The van der Waals surface area contributed by atoms with Gasteiger partial charge in [-0.25, -0.2) is 0 Å². The molecule has 1 unspecified atom stereocenters. The maximum absolute atomic E-state index is 12.4. The lowest BCUT2D eigenvalue weighted by Crippen LogP contribution is -2.51. The van der Waals surface area contributed by atoms with Crippen LogP contribution in [0.1, 0.15) is 35.7 Å². The highest BCUT2D eigenvalue weighted by Crippen LogP contribution is 2.18. The molecule has 1 aliphatic rings. The van der Waals surface area contributed by atoms with Crippen molar-refractivity contribution in [1.29, 1.82) is 5.26 Å². The molecule has 1 aromatic rings. The minimum atomic E-state index is 0.000126. The van der Waals surface area contributed by atoms with Crippen molar-refractivity contribution in [3.8, 4) is 6.07 Å². The normalized spacial score (nSPS) is 17.8. The number of rotatable bonds is 4. The predicted molar refractivity (Wildman–Crippen MR) is 80.8 cm³/mol. The fourth-order valence-electron chi connectivity index (χ4n) is 2.59. The van der Waals surface area contributed by atoms with Crippen LogP contribution in [-0.2, 0) is 0 Å². The van der Waals surface area contributed by atoms with Crippen molar-refractivity contribution in [2.45, 2.75) is 32.7 Å². The van der Waals surface area contributed by atoms with Gasteiger partial charge in [-0.2, -0.15) is 16.6 Å². The van der Waals surface area contributed by atoms with Gasteiger partial charge in [-0.1, -0.05) is 13.3 Å². The molecule has 4 nitrogen and oxygen atoms in total. The van der Waals surface area contributed by atoms with Crippen molar-refractivity contribution in [1.82, 2.24) is 9.80 Å². The van der Waals surface area contributed by atoms with Crippen molar-refractivity contribution >= 4 is 17.2 Å². The molecule has 2 heterocycles. The summed E-state index contributed by atoms with van der Waals surface area (Å²) in [5.41, 5.74) is 1.89. The average Bonchev–Trinajstić information content (AvgIpc) is 2.90. The van der Waals surface area contributed by atoms with Gasteiger partial charge in [-0.3, -0.25) is 9.69 Å². The highest BCUT2D eigenvalue weighted by atomic mass is 32.1. The van der Waals surface area contributed by atoms with Crippen LogP contribution in [0.2, 0.25) is 0 Å². The number of hydrogen-bond donors (Lipinski definition) is 0. The second-order valence-corrected chi connectivity index (χ2v) is 5.97. The van der Waals surface area contributed by atoms with Crippen molar-refractivity contribution in [2.24, 2.45) is 0 Å². The molecular formula is C15H21N3OS. The third kappa shape index (κ3) is 3.20. The van der Waals surface area contributed by atoms with Gasteiger partial charge in [0.15, 0.2) is 0 Å². The Balaban J connectivity index is 1.93. The maximum Gasteiger partial charge on any atom is 0.255 e. The summed E-state index contributed by atoms with van der Waals surface area (Å²) >= 11 is 1.57. The molecule has 0 aromatic carbocycles. The second-order valence-electron chi connectivity index (χ2n) is 5.23. The Morgan fingerprint density at radius 2 is 2.10 bits per heavy atom. The summed E-state index contributed by atoms with van der Waals surface area (Å²) in [4.78, 5) is 16.5. The van der Waals surface area contributed by atoms with E-state index in [0.717, 1.165) is 50.1 Å². The first-order valence-electron chi connectivity index (χ1n) is 7.13. The van der Waals surface area contributed by atoms with Crippen molar-refractivity contribution in [2.75, 3.05) is 26.2 Å². The third-order valence-corrected chi connectivity index (χ3v) is 4.70. The van der Waals surface area contributed by atoms with Gasteiger partial charge in [-0.15, -0.1) is 0 Å². The molecular weight excluding hydrogens is 270 g/mol. The first-order chi connectivity index (χ1) is 9.67. The molecule has 108 valence electrons. The number of carbonyl (C=O) groups is 1. The van der Waals surface area contributed by atoms with Crippen LogP contribution in [0.4, 0.5) is 0 Å². The zero-order chi connectivity index (χ0) is 14.5. The van der Waals surface area contributed by atoms with E-state index in [1.807, 2.05) is 22.6 Å². The number of thiophene rings is 1. The van der Waals surface area contributed by atoms with Crippen LogP contribution in [0.3, 0.4) is 0 Å². The van der Waals surface area contributed by atoms with Gasteiger partial charge in [0.25, 0.3) is 5.91 Å². The molecule has 20 heavy (non-hydrogen) atoms.